The van der Waals surface area contributed by atoms with Gasteiger partial charge in [-0.1, -0.05) is 6.92 Å². The monoisotopic (exact) mass is 275 g/mol. The normalized spacial score (nSPS) is 22.6. The average molecular weight is 275 g/mol. The van der Waals surface area contributed by atoms with E-state index < -0.39 is 0 Å². The maximum atomic E-state index is 3.92. The summed E-state index contributed by atoms with van der Waals surface area (Å²) in [5.74, 6) is 1.25. The number of aryl methyl sites for hydroxylation is 1. The van der Waals surface area contributed by atoms with E-state index in [0.717, 1.165) is 11.3 Å². The first-order chi connectivity index (χ1) is 9.24. The first-order valence-corrected chi connectivity index (χ1v) is 7.51. The van der Waals surface area contributed by atoms with Crippen molar-refractivity contribution in [1.29, 1.82) is 0 Å². The highest BCUT2D eigenvalue weighted by atomic mass is 32.2. The molecule has 0 spiro atoms. The van der Waals surface area contributed by atoms with E-state index in [4.69, 9.17) is 0 Å². The van der Waals surface area contributed by atoms with Crippen LogP contribution in [0.5, 0.6) is 0 Å². The Morgan fingerprint density at radius 1 is 1.42 bits per heavy atom. The van der Waals surface area contributed by atoms with Crippen molar-refractivity contribution in [3.8, 4) is 5.69 Å². The molecule has 2 atom stereocenters. The van der Waals surface area contributed by atoms with E-state index in [9.17, 15) is 0 Å². The molecule has 0 radical (unpaired) electrons. The molecule has 19 heavy (non-hydrogen) atoms. The lowest BCUT2D eigenvalue weighted by Crippen LogP contribution is -2.24. The molecule has 1 aliphatic heterocycles. The van der Waals surface area contributed by atoms with E-state index in [1.165, 1.54) is 17.9 Å². The van der Waals surface area contributed by atoms with Crippen molar-refractivity contribution >= 4 is 17.4 Å². The molecule has 100 valence electrons. The molecule has 1 aliphatic rings. The van der Waals surface area contributed by atoms with Crippen LogP contribution in [0.4, 0.5) is 5.69 Å². The molecule has 2 unspecified atom stereocenters. The molecular weight excluding hydrogens is 258 g/mol. The summed E-state index contributed by atoms with van der Waals surface area (Å²) < 4.78 is 1.69. The zero-order valence-corrected chi connectivity index (χ0v) is 11.9. The summed E-state index contributed by atoms with van der Waals surface area (Å²) in [4.78, 5) is 0. The molecule has 0 saturated carbocycles. The fourth-order valence-electron chi connectivity index (χ4n) is 2.41. The molecule has 1 aromatic heterocycles. The van der Waals surface area contributed by atoms with Gasteiger partial charge in [0, 0.05) is 17.0 Å². The van der Waals surface area contributed by atoms with E-state index >= 15 is 0 Å². The van der Waals surface area contributed by atoms with Crippen LogP contribution in [0.15, 0.2) is 24.5 Å². The van der Waals surface area contributed by atoms with Gasteiger partial charge in [-0.2, -0.15) is 11.8 Å². The quantitative estimate of drug-likeness (QED) is 0.931. The summed E-state index contributed by atoms with van der Waals surface area (Å²) in [5.41, 5.74) is 3.36. The minimum atomic E-state index is 0.572. The summed E-state index contributed by atoms with van der Waals surface area (Å²) in [6.45, 7) is 4.37. The van der Waals surface area contributed by atoms with Gasteiger partial charge in [0.25, 0.3) is 0 Å². The number of thioether (sulfide) groups is 1. The van der Waals surface area contributed by atoms with Crippen molar-refractivity contribution in [1.82, 2.24) is 20.2 Å². The Hall–Kier alpha value is -1.56. The lowest BCUT2D eigenvalue weighted by atomic mass is 10.1. The van der Waals surface area contributed by atoms with Gasteiger partial charge in [0.2, 0.25) is 0 Å². The average Bonchev–Trinajstić information content (AvgIpc) is 3.02. The number of rotatable bonds is 3. The van der Waals surface area contributed by atoms with Gasteiger partial charge in [-0.3, -0.25) is 0 Å². The number of benzene rings is 1. The zero-order chi connectivity index (χ0) is 13.2. The molecule has 6 heteroatoms. The van der Waals surface area contributed by atoms with Crippen molar-refractivity contribution in [2.75, 3.05) is 11.1 Å². The summed E-state index contributed by atoms with van der Waals surface area (Å²) in [7, 11) is 0. The standard InChI is InChI=1S/C13H17N5S/c1-9-7-11(15-12-5-6-19-10(12)2)3-4-13(9)18-8-14-16-17-18/h3-4,7-8,10,12,15H,5-6H2,1-2H3. The van der Waals surface area contributed by atoms with Gasteiger partial charge in [0.15, 0.2) is 0 Å². The first-order valence-electron chi connectivity index (χ1n) is 6.46. The van der Waals surface area contributed by atoms with Crippen LogP contribution in [-0.4, -0.2) is 37.3 Å². The molecule has 1 saturated heterocycles. The van der Waals surface area contributed by atoms with E-state index in [0.29, 0.717) is 11.3 Å². The highest BCUT2D eigenvalue weighted by Crippen LogP contribution is 2.29. The number of hydrogen-bond donors (Lipinski definition) is 1. The lowest BCUT2D eigenvalue weighted by molar-refractivity contribution is 0.724. The van der Waals surface area contributed by atoms with Crippen molar-refractivity contribution in [3.05, 3.63) is 30.1 Å². The third-order valence-corrected chi connectivity index (χ3v) is 4.85. The van der Waals surface area contributed by atoms with Crippen LogP contribution in [0, 0.1) is 6.92 Å². The van der Waals surface area contributed by atoms with Crippen LogP contribution < -0.4 is 5.32 Å². The van der Waals surface area contributed by atoms with Crippen LogP contribution in [0.3, 0.4) is 0 Å². The number of hydrogen-bond acceptors (Lipinski definition) is 5. The second kappa shape index (κ2) is 5.21. The van der Waals surface area contributed by atoms with E-state index in [-0.39, 0.29) is 0 Å². The van der Waals surface area contributed by atoms with Gasteiger partial charge in [0.05, 0.1) is 5.69 Å². The Kier molecular flexibility index (Phi) is 3.42. The fraction of sp³-hybridized carbons (Fsp3) is 0.462. The van der Waals surface area contributed by atoms with E-state index in [1.807, 2.05) is 11.8 Å². The Morgan fingerprint density at radius 2 is 2.32 bits per heavy atom. The van der Waals surface area contributed by atoms with Crippen LogP contribution in [0.1, 0.15) is 18.9 Å². The van der Waals surface area contributed by atoms with Gasteiger partial charge in [-0.15, -0.1) is 5.10 Å². The van der Waals surface area contributed by atoms with Crippen molar-refractivity contribution in [2.24, 2.45) is 0 Å². The summed E-state index contributed by atoms with van der Waals surface area (Å²) in [5, 5.41) is 15.6. The van der Waals surface area contributed by atoms with Gasteiger partial charge in [0.1, 0.15) is 6.33 Å². The van der Waals surface area contributed by atoms with Crippen LogP contribution >= 0.6 is 11.8 Å². The highest BCUT2D eigenvalue weighted by molar-refractivity contribution is 8.00. The minimum Gasteiger partial charge on any atom is -0.381 e. The number of tetrazole rings is 1. The minimum absolute atomic E-state index is 0.572. The molecule has 3 rings (SSSR count). The number of nitrogens with one attached hydrogen (secondary N) is 1. The van der Waals surface area contributed by atoms with Crippen LogP contribution in [-0.2, 0) is 0 Å². The topological polar surface area (TPSA) is 55.6 Å². The molecule has 2 heterocycles. The largest absolute Gasteiger partial charge is 0.381 e. The Balaban J connectivity index is 1.79. The van der Waals surface area contributed by atoms with Gasteiger partial charge >= 0.3 is 0 Å². The van der Waals surface area contributed by atoms with Gasteiger partial charge in [-0.25, -0.2) is 4.68 Å². The highest BCUT2D eigenvalue weighted by Gasteiger charge is 2.23. The van der Waals surface area contributed by atoms with Crippen LogP contribution in [0.25, 0.3) is 5.69 Å². The molecule has 1 fully saturated rings. The maximum absolute atomic E-state index is 3.92. The fourth-order valence-corrected chi connectivity index (χ4v) is 3.61. The SMILES string of the molecule is Cc1cc(NC2CCSC2C)ccc1-n1cnnn1. The Labute approximate surface area is 116 Å². The molecule has 2 aromatic rings. The first kappa shape index (κ1) is 12.5. The zero-order valence-electron chi connectivity index (χ0n) is 11.1. The summed E-state index contributed by atoms with van der Waals surface area (Å²) in [6, 6.07) is 6.89. The molecule has 5 nitrogen and oxygen atoms in total. The van der Waals surface area contributed by atoms with Crippen molar-refractivity contribution < 1.29 is 0 Å². The van der Waals surface area contributed by atoms with Gasteiger partial charge in [-0.05, 0) is 53.3 Å². The predicted octanol–water partition coefficient (Wildman–Crippen LogP) is 2.28. The van der Waals surface area contributed by atoms with Crippen molar-refractivity contribution in [3.63, 3.8) is 0 Å². The maximum Gasteiger partial charge on any atom is 0.143 e. The number of anilines is 1. The molecule has 0 amide bonds. The predicted molar refractivity (Wildman–Crippen MR) is 77.8 cm³/mol. The molecular formula is C13H17N5S. The lowest BCUT2D eigenvalue weighted by Gasteiger charge is -2.18. The Morgan fingerprint density at radius 3 is 2.95 bits per heavy atom. The summed E-state index contributed by atoms with van der Waals surface area (Å²) >= 11 is 2.04. The molecule has 1 aromatic carbocycles. The van der Waals surface area contributed by atoms with E-state index in [1.54, 1.807) is 11.0 Å². The number of aromatic nitrogens is 4. The third kappa shape index (κ3) is 2.58. The number of nitrogens with zero attached hydrogens (tertiary/aromatic N) is 4. The molecule has 0 aliphatic carbocycles. The van der Waals surface area contributed by atoms with E-state index in [2.05, 4.69) is 52.9 Å². The second-order valence-corrected chi connectivity index (χ2v) is 6.36. The summed E-state index contributed by atoms with van der Waals surface area (Å²) in [6.07, 6.45) is 2.85. The molecule has 1 N–H and O–H groups in total. The van der Waals surface area contributed by atoms with Crippen LogP contribution in [0.2, 0.25) is 0 Å². The third-order valence-electron chi connectivity index (χ3n) is 3.52. The second-order valence-electron chi connectivity index (χ2n) is 4.87. The molecule has 0 bridgehead atoms. The van der Waals surface area contributed by atoms with Gasteiger partial charge < -0.3 is 5.32 Å². The Bertz CT molecular complexity index is 554. The smallest absolute Gasteiger partial charge is 0.143 e. The van der Waals surface area contributed by atoms with Crippen molar-refractivity contribution in [2.45, 2.75) is 31.6 Å².